The standard InChI is InChI=1S/C13H18N2O2/c1-4-10-7-8-11(9-5-6-9)12(14-10)13(16)15(2)17-3/h7-9H,4-6H2,1-3H3. The molecule has 0 atom stereocenters. The van der Waals surface area contributed by atoms with Crippen molar-refractivity contribution in [2.24, 2.45) is 0 Å². The van der Waals surface area contributed by atoms with Gasteiger partial charge in [0.25, 0.3) is 5.91 Å². The molecule has 0 N–H and O–H groups in total. The van der Waals surface area contributed by atoms with E-state index < -0.39 is 0 Å². The molecule has 92 valence electrons. The highest BCUT2D eigenvalue weighted by molar-refractivity contribution is 5.93. The van der Waals surface area contributed by atoms with Crippen LogP contribution < -0.4 is 0 Å². The topological polar surface area (TPSA) is 42.4 Å². The summed E-state index contributed by atoms with van der Waals surface area (Å²) in [5.74, 6) is 0.349. The molecule has 0 bridgehead atoms. The lowest BCUT2D eigenvalue weighted by Crippen LogP contribution is -2.27. The summed E-state index contributed by atoms with van der Waals surface area (Å²) in [4.78, 5) is 21.5. The number of carbonyl (C=O) groups excluding carboxylic acids is 1. The van der Waals surface area contributed by atoms with E-state index in [1.54, 1.807) is 7.05 Å². The monoisotopic (exact) mass is 234 g/mol. The molecule has 0 aromatic carbocycles. The number of hydroxylamine groups is 2. The number of nitrogens with zero attached hydrogens (tertiary/aromatic N) is 2. The van der Waals surface area contributed by atoms with Crippen LogP contribution in [0, 0.1) is 0 Å². The third-order valence-electron chi connectivity index (χ3n) is 3.13. The van der Waals surface area contributed by atoms with Crippen LogP contribution in [0.3, 0.4) is 0 Å². The van der Waals surface area contributed by atoms with Crippen molar-refractivity contribution < 1.29 is 9.63 Å². The van der Waals surface area contributed by atoms with Gasteiger partial charge in [0.2, 0.25) is 0 Å². The largest absolute Gasteiger partial charge is 0.296 e. The van der Waals surface area contributed by atoms with E-state index in [1.165, 1.54) is 12.2 Å². The molecule has 4 nitrogen and oxygen atoms in total. The zero-order valence-corrected chi connectivity index (χ0v) is 10.6. The third-order valence-corrected chi connectivity index (χ3v) is 3.13. The van der Waals surface area contributed by atoms with Gasteiger partial charge in [0.15, 0.2) is 0 Å². The molecule has 1 amide bonds. The summed E-state index contributed by atoms with van der Waals surface area (Å²) in [6, 6.07) is 4.05. The van der Waals surface area contributed by atoms with E-state index in [-0.39, 0.29) is 5.91 Å². The van der Waals surface area contributed by atoms with Crippen LogP contribution in [0.2, 0.25) is 0 Å². The molecule has 1 aliphatic rings. The molecule has 1 aromatic heterocycles. The van der Waals surface area contributed by atoms with Crippen LogP contribution in [0.25, 0.3) is 0 Å². The molecule has 0 saturated heterocycles. The van der Waals surface area contributed by atoms with Crippen molar-refractivity contribution in [1.29, 1.82) is 0 Å². The normalized spacial score (nSPS) is 14.8. The maximum atomic E-state index is 12.1. The van der Waals surface area contributed by atoms with E-state index >= 15 is 0 Å². The Balaban J connectivity index is 2.37. The average Bonchev–Trinajstić information content (AvgIpc) is 3.20. The van der Waals surface area contributed by atoms with Gasteiger partial charge in [-0.1, -0.05) is 13.0 Å². The molecule has 0 aliphatic heterocycles. The summed E-state index contributed by atoms with van der Waals surface area (Å²) < 4.78 is 0. The summed E-state index contributed by atoms with van der Waals surface area (Å²) in [6.07, 6.45) is 3.15. The van der Waals surface area contributed by atoms with E-state index in [1.807, 2.05) is 19.1 Å². The molecule has 0 spiro atoms. The molecule has 2 rings (SSSR count). The third kappa shape index (κ3) is 2.47. The van der Waals surface area contributed by atoms with Gasteiger partial charge >= 0.3 is 0 Å². The summed E-state index contributed by atoms with van der Waals surface area (Å²) >= 11 is 0. The number of pyridine rings is 1. The minimum atomic E-state index is -0.162. The Bertz CT molecular complexity index is 427. The second-order valence-corrected chi connectivity index (χ2v) is 4.35. The number of hydrogen-bond donors (Lipinski definition) is 0. The quantitative estimate of drug-likeness (QED) is 0.750. The molecular formula is C13H18N2O2. The lowest BCUT2D eigenvalue weighted by atomic mass is 10.1. The number of aromatic nitrogens is 1. The van der Waals surface area contributed by atoms with Gasteiger partial charge in [-0.05, 0) is 36.8 Å². The Morgan fingerprint density at radius 3 is 2.76 bits per heavy atom. The number of hydrogen-bond acceptors (Lipinski definition) is 3. The van der Waals surface area contributed by atoms with Crippen molar-refractivity contribution in [3.63, 3.8) is 0 Å². The summed E-state index contributed by atoms with van der Waals surface area (Å²) in [6.45, 7) is 2.04. The first-order valence-electron chi connectivity index (χ1n) is 5.99. The highest BCUT2D eigenvalue weighted by atomic mass is 16.7. The fourth-order valence-corrected chi connectivity index (χ4v) is 1.83. The first kappa shape index (κ1) is 12.0. The molecule has 0 unspecified atom stereocenters. The first-order valence-corrected chi connectivity index (χ1v) is 5.99. The van der Waals surface area contributed by atoms with Gasteiger partial charge in [-0.2, -0.15) is 0 Å². The smallest absolute Gasteiger partial charge is 0.274 e. The van der Waals surface area contributed by atoms with Crippen molar-refractivity contribution in [2.75, 3.05) is 14.2 Å². The van der Waals surface area contributed by atoms with E-state index in [9.17, 15) is 4.79 Å². The summed E-state index contributed by atoms with van der Waals surface area (Å²) in [5.41, 5.74) is 2.56. The molecule has 1 aliphatic carbocycles. The van der Waals surface area contributed by atoms with Gasteiger partial charge in [0, 0.05) is 12.7 Å². The number of aryl methyl sites for hydroxylation is 1. The van der Waals surface area contributed by atoms with E-state index in [0.717, 1.165) is 30.5 Å². The molecule has 1 fully saturated rings. The van der Waals surface area contributed by atoms with Gasteiger partial charge in [0.1, 0.15) is 5.69 Å². The maximum absolute atomic E-state index is 12.1. The predicted molar refractivity (Wildman–Crippen MR) is 64.7 cm³/mol. The van der Waals surface area contributed by atoms with Crippen LogP contribution in [-0.4, -0.2) is 30.1 Å². The van der Waals surface area contributed by atoms with Gasteiger partial charge in [-0.3, -0.25) is 9.63 Å². The van der Waals surface area contributed by atoms with E-state index in [0.29, 0.717) is 11.6 Å². The van der Waals surface area contributed by atoms with Crippen LogP contribution in [0.1, 0.15) is 47.4 Å². The van der Waals surface area contributed by atoms with E-state index in [4.69, 9.17) is 4.84 Å². The first-order chi connectivity index (χ1) is 8.17. The molecule has 1 heterocycles. The van der Waals surface area contributed by atoms with Crippen molar-refractivity contribution >= 4 is 5.91 Å². The van der Waals surface area contributed by atoms with Crippen LogP contribution in [0.4, 0.5) is 0 Å². The Kier molecular flexibility index (Phi) is 3.43. The van der Waals surface area contributed by atoms with Crippen LogP contribution in [-0.2, 0) is 11.3 Å². The van der Waals surface area contributed by atoms with Crippen molar-refractivity contribution in [3.8, 4) is 0 Å². The Labute approximate surface area is 102 Å². The second kappa shape index (κ2) is 4.84. The highest BCUT2D eigenvalue weighted by Gasteiger charge is 2.30. The molecular weight excluding hydrogens is 216 g/mol. The molecule has 17 heavy (non-hydrogen) atoms. The SMILES string of the molecule is CCc1ccc(C2CC2)c(C(=O)N(C)OC)n1. The summed E-state index contributed by atoms with van der Waals surface area (Å²) in [7, 11) is 3.09. The van der Waals surface area contributed by atoms with Crippen LogP contribution in [0.15, 0.2) is 12.1 Å². The Morgan fingerprint density at radius 1 is 1.53 bits per heavy atom. The Morgan fingerprint density at radius 2 is 2.24 bits per heavy atom. The molecule has 1 saturated carbocycles. The van der Waals surface area contributed by atoms with Crippen molar-refractivity contribution in [3.05, 3.63) is 29.1 Å². The highest BCUT2D eigenvalue weighted by Crippen LogP contribution is 2.41. The number of carbonyl (C=O) groups is 1. The predicted octanol–water partition coefficient (Wildman–Crippen LogP) is 2.15. The van der Waals surface area contributed by atoms with Gasteiger partial charge in [0.05, 0.1) is 7.11 Å². The van der Waals surface area contributed by atoms with Gasteiger partial charge < -0.3 is 0 Å². The van der Waals surface area contributed by atoms with Crippen LogP contribution >= 0.6 is 0 Å². The fourth-order valence-electron chi connectivity index (χ4n) is 1.83. The zero-order chi connectivity index (χ0) is 12.4. The molecule has 4 heteroatoms. The molecule has 0 radical (unpaired) electrons. The minimum Gasteiger partial charge on any atom is -0.274 e. The number of amides is 1. The van der Waals surface area contributed by atoms with Crippen molar-refractivity contribution in [2.45, 2.75) is 32.1 Å². The van der Waals surface area contributed by atoms with Crippen molar-refractivity contribution in [1.82, 2.24) is 10.0 Å². The Hall–Kier alpha value is -1.42. The molecule has 1 aromatic rings. The van der Waals surface area contributed by atoms with Gasteiger partial charge in [-0.25, -0.2) is 10.0 Å². The lowest BCUT2D eigenvalue weighted by Gasteiger charge is -2.16. The lowest BCUT2D eigenvalue weighted by molar-refractivity contribution is -0.0761. The second-order valence-electron chi connectivity index (χ2n) is 4.35. The van der Waals surface area contributed by atoms with Crippen LogP contribution in [0.5, 0.6) is 0 Å². The minimum absolute atomic E-state index is 0.162. The fraction of sp³-hybridized carbons (Fsp3) is 0.538. The maximum Gasteiger partial charge on any atom is 0.296 e. The number of rotatable bonds is 4. The zero-order valence-electron chi connectivity index (χ0n) is 10.6. The summed E-state index contributed by atoms with van der Waals surface area (Å²) in [5, 5.41) is 1.23. The van der Waals surface area contributed by atoms with Gasteiger partial charge in [-0.15, -0.1) is 0 Å². The average molecular weight is 234 g/mol. The van der Waals surface area contributed by atoms with E-state index in [2.05, 4.69) is 4.98 Å².